The van der Waals surface area contributed by atoms with Crippen molar-refractivity contribution in [2.75, 3.05) is 5.73 Å². The number of H-pyrrole nitrogens is 1. The molecule has 0 aliphatic heterocycles. The normalized spacial score (nSPS) is 15.5. The van der Waals surface area contributed by atoms with Crippen LogP contribution in [0.4, 0.5) is 10.1 Å². The van der Waals surface area contributed by atoms with Crippen LogP contribution in [-0.2, 0) is 0 Å². The maximum Gasteiger partial charge on any atom is 0.162 e. The number of halogens is 1. The molecule has 0 fully saturated rings. The molecule has 7 nitrogen and oxygen atoms in total. The molecule has 8 heteroatoms. The summed E-state index contributed by atoms with van der Waals surface area (Å²) in [5, 5.41) is 6.94. The molecule has 3 aromatic rings. The number of allylic oxidation sites excluding steroid dienone is 4. The largest absolute Gasteiger partial charge is 0.401 e. The van der Waals surface area contributed by atoms with E-state index >= 15 is 0 Å². The van der Waals surface area contributed by atoms with E-state index in [0.717, 1.165) is 41.8 Å². The number of nitrogens with zero attached hydrogens (tertiary/aromatic N) is 3. The SMILES string of the molecule is C=CC.CC.Cc1[nH]ncc1-c1nccc(C2CCCC(/C=C(\N)c3c(N)cccc3F)=C2N)n1. The Morgan fingerprint density at radius 2 is 1.94 bits per heavy atom. The van der Waals surface area contributed by atoms with Crippen molar-refractivity contribution >= 4 is 11.4 Å². The smallest absolute Gasteiger partial charge is 0.162 e. The summed E-state index contributed by atoms with van der Waals surface area (Å²) in [5.74, 6) is 0.0868. The van der Waals surface area contributed by atoms with Crippen LogP contribution in [0.1, 0.15) is 62.9 Å². The highest BCUT2D eigenvalue weighted by Gasteiger charge is 2.24. The van der Waals surface area contributed by atoms with E-state index in [2.05, 4.69) is 21.8 Å². The number of anilines is 1. The van der Waals surface area contributed by atoms with Gasteiger partial charge >= 0.3 is 0 Å². The van der Waals surface area contributed by atoms with Gasteiger partial charge in [0.1, 0.15) is 5.82 Å². The lowest BCUT2D eigenvalue weighted by Crippen LogP contribution is -2.19. The van der Waals surface area contributed by atoms with Crippen molar-refractivity contribution in [1.29, 1.82) is 0 Å². The Kier molecular flexibility index (Phi) is 10.2. The van der Waals surface area contributed by atoms with E-state index in [1.54, 1.807) is 36.7 Å². The highest BCUT2D eigenvalue weighted by atomic mass is 19.1. The van der Waals surface area contributed by atoms with Gasteiger partial charge < -0.3 is 17.2 Å². The minimum atomic E-state index is -0.453. The molecule has 4 rings (SSSR count). The summed E-state index contributed by atoms with van der Waals surface area (Å²) in [6.45, 7) is 11.2. The van der Waals surface area contributed by atoms with Crippen molar-refractivity contribution in [2.24, 2.45) is 11.5 Å². The maximum absolute atomic E-state index is 14.2. The third-order valence-electron chi connectivity index (χ3n) is 5.45. The zero-order chi connectivity index (χ0) is 26.0. The van der Waals surface area contributed by atoms with Crippen LogP contribution in [-0.4, -0.2) is 20.2 Å². The summed E-state index contributed by atoms with van der Waals surface area (Å²) < 4.78 is 14.2. The highest BCUT2D eigenvalue weighted by molar-refractivity contribution is 5.75. The Balaban J connectivity index is 0.000000803. The van der Waals surface area contributed by atoms with Crippen molar-refractivity contribution in [3.05, 3.63) is 89.4 Å². The van der Waals surface area contributed by atoms with Crippen LogP contribution in [0, 0.1) is 12.7 Å². The number of aromatic nitrogens is 4. The molecular weight excluding hydrogens is 441 g/mol. The zero-order valence-electron chi connectivity index (χ0n) is 21.0. The molecule has 1 aromatic carbocycles. The molecule has 0 radical (unpaired) electrons. The summed E-state index contributed by atoms with van der Waals surface area (Å²) in [7, 11) is 0. The first kappa shape index (κ1) is 27.3. The van der Waals surface area contributed by atoms with Gasteiger partial charge in [-0.3, -0.25) is 5.10 Å². The Morgan fingerprint density at radius 3 is 2.57 bits per heavy atom. The fourth-order valence-electron chi connectivity index (χ4n) is 3.86. The molecular formula is C27H36FN7. The molecule has 2 heterocycles. The average Bonchev–Trinajstić information content (AvgIpc) is 3.28. The molecule has 186 valence electrons. The summed E-state index contributed by atoms with van der Waals surface area (Å²) in [4.78, 5) is 9.11. The molecule has 0 spiro atoms. The number of hydrogen-bond acceptors (Lipinski definition) is 6. The molecule has 2 aromatic heterocycles. The van der Waals surface area contributed by atoms with E-state index in [1.807, 2.05) is 33.8 Å². The Morgan fingerprint density at radius 1 is 1.23 bits per heavy atom. The van der Waals surface area contributed by atoms with Gasteiger partial charge in [-0.15, -0.1) is 6.58 Å². The van der Waals surface area contributed by atoms with Gasteiger partial charge in [0.25, 0.3) is 0 Å². The third kappa shape index (κ3) is 6.56. The number of nitrogens with two attached hydrogens (primary N) is 3. The van der Waals surface area contributed by atoms with E-state index < -0.39 is 5.82 Å². The van der Waals surface area contributed by atoms with E-state index in [-0.39, 0.29) is 17.2 Å². The van der Waals surface area contributed by atoms with Crippen LogP contribution in [0.2, 0.25) is 0 Å². The van der Waals surface area contributed by atoms with Gasteiger partial charge in [0.2, 0.25) is 0 Å². The molecule has 0 saturated heterocycles. The molecule has 1 aliphatic carbocycles. The first-order valence-corrected chi connectivity index (χ1v) is 11.8. The van der Waals surface area contributed by atoms with Crippen LogP contribution in [0.5, 0.6) is 0 Å². The molecule has 0 amide bonds. The molecule has 0 bridgehead atoms. The van der Waals surface area contributed by atoms with Gasteiger partial charge in [0, 0.05) is 34.9 Å². The summed E-state index contributed by atoms with van der Waals surface area (Å²) in [6, 6.07) is 6.40. The first-order chi connectivity index (χ1) is 16.9. The fraction of sp³-hybridized carbons (Fsp3) is 0.296. The quantitative estimate of drug-likeness (QED) is 0.286. The molecule has 1 aliphatic rings. The van der Waals surface area contributed by atoms with Gasteiger partial charge in [0.15, 0.2) is 5.82 Å². The van der Waals surface area contributed by atoms with Gasteiger partial charge in [-0.1, -0.05) is 26.0 Å². The predicted molar refractivity (Wildman–Crippen MR) is 142 cm³/mol. The van der Waals surface area contributed by atoms with Gasteiger partial charge in [-0.05, 0) is 63.0 Å². The fourth-order valence-corrected chi connectivity index (χ4v) is 3.86. The number of nitrogens with one attached hydrogen (secondary N) is 1. The molecule has 35 heavy (non-hydrogen) atoms. The van der Waals surface area contributed by atoms with Gasteiger partial charge in [0.05, 0.1) is 23.0 Å². The summed E-state index contributed by atoms with van der Waals surface area (Å²) in [6.07, 6.45) is 9.47. The standard InChI is InChI=1S/C22H24FN7.C3H6.C2H6/c1-12-15(11-28-30-12)22-27-9-8-19(29-22)14-5-2-4-13(21(14)26)10-18(25)20-16(23)6-3-7-17(20)24;1-3-2;1-2/h3,6-11,14H,2,4-5,24-26H2,1H3,(H,28,30);3H,1H2,2H3;1-2H3/b18-10-;;. The maximum atomic E-state index is 14.2. The lowest BCUT2D eigenvalue weighted by atomic mass is 9.84. The number of aromatic amines is 1. The number of hydrogen-bond donors (Lipinski definition) is 4. The Hall–Kier alpha value is -3.94. The van der Waals surface area contributed by atoms with Crippen molar-refractivity contribution in [2.45, 2.75) is 52.9 Å². The van der Waals surface area contributed by atoms with Crippen molar-refractivity contribution < 1.29 is 4.39 Å². The lowest BCUT2D eigenvalue weighted by Gasteiger charge is -2.25. The van der Waals surface area contributed by atoms with E-state index in [9.17, 15) is 4.39 Å². The van der Waals surface area contributed by atoms with Crippen molar-refractivity contribution in [3.63, 3.8) is 0 Å². The van der Waals surface area contributed by atoms with Gasteiger partial charge in [-0.25, -0.2) is 14.4 Å². The summed E-state index contributed by atoms with van der Waals surface area (Å²) >= 11 is 0. The number of benzene rings is 1. The van der Waals surface area contributed by atoms with Crippen molar-refractivity contribution in [3.8, 4) is 11.4 Å². The minimum absolute atomic E-state index is 0.0651. The van der Waals surface area contributed by atoms with Crippen molar-refractivity contribution in [1.82, 2.24) is 20.2 Å². The highest BCUT2D eigenvalue weighted by Crippen LogP contribution is 2.36. The minimum Gasteiger partial charge on any atom is -0.401 e. The van der Waals surface area contributed by atoms with E-state index in [0.29, 0.717) is 17.2 Å². The Bertz CT molecular complexity index is 1170. The second-order valence-electron chi connectivity index (χ2n) is 7.85. The van der Waals surface area contributed by atoms with Crippen LogP contribution >= 0.6 is 0 Å². The van der Waals surface area contributed by atoms with Crippen LogP contribution in [0.3, 0.4) is 0 Å². The number of rotatable bonds is 4. The zero-order valence-corrected chi connectivity index (χ0v) is 21.0. The molecule has 1 unspecified atom stereocenters. The first-order valence-electron chi connectivity index (χ1n) is 11.8. The topological polar surface area (TPSA) is 133 Å². The number of nitrogen functional groups attached to an aromatic ring is 1. The second-order valence-corrected chi connectivity index (χ2v) is 7.85. The second kappa shape index (κ2) is 13.1. The van der Waals surface area contributed by atoms with Crippen LogP contribution in [0.25, 0.3) is 17.1 Å². The van der Waals surface area contributed by atoms with Crippen LogP contribution < -0.4 is 17.2 Å². The third-order valence-corrected chi connectivity index (χ3v) is 5.45. The van der Waals surface area contributed by atoms with Gasteiger partial charge in [-0.2, -0.15) is 5.10 Å². The predicted octanol–water partition coefficient (Wildman–Crippen LogP) is 5.60. The van der Waals surface area contributed by atoms with Crippen LogP contribution in [0.15, 0.2) is 66.7 Å². The average molecular weight is 478 g/mol. The lowest BCUT2D eigenvalue weighted by molar-refractivity contribution is 0.591. The molecule has 0 saturated carbocycles. The van der Waals surface area contributed by atoms with E-state index in [1.165, 1.54) is 6.07 Å². The number of aryl methyl sites for hydroxylation is 1. The van der Waals surface area contributed by atoms with E-state index in [4.69, 9.17) is 22.2 Å². The summed E-state index contributed by atoms with van der Waals surface area (Å²) in [5.41, 5.74) is 23.6. The molecule has 1 atom stereocenters. The monoisotopic (exact) mass is 477 g/mol. The molecule has 7 N–H and O–H groups in total. The Labute approximate surface area is 207 Å².